The first-order valence-electron chi connectivity index (χ1n) is 7.78. The van der Waals surface area contributed by atoms with Crippen LogP contribution in [0.4, 0.5) is 11.6 Å². The summed E-state index contributed by atoms with van der Waals surface area (Å²) in [4.78, 5) is 9.33. The van der Waals surface area contributed by atoms with Gasteiger partial charge in [-0.05, 0) is 19.8 Å². The van der Waals surface area contributed by atoms with Gasteiger partial charge in [-0.15, -0.1) is 0 Å². The van der Waals surface area contributed by atoms with Gasteiger partial charge in [0, 0.05) is 25.1 Å². The molecule has 0 spiro atoms. The summed E-state index contributed by atoms with van der Waals surface area (Å²) in [6.45, 7) is 14.2. The van der Waals surface area contributed by atoms with Crippen LogP contribution in [0.1, 0.15) is 51.9 Å². The zero-order valence-electron chi connectivity index (χ0n) is 14.4. The highest BCUT2D eigenvalue weighted by Crippen LogP contribution is 2.24. The van der Waals surface area contributed by atoms with E-state index in [4.69, 9.17) is 9.72 Å². The molecular formula is C16H30N4O. The topological polar surface area (TPSA) is 59.1 Å². The van der Waals surface area contributed by atoms with E-state index in [2.05, 4.69) is 57.2 Å². The van der Waals surface area contributed by atoms with Crippen LogP contribution in [-0.4, -0.2) is 36.3 Å². The third kappa shape index (κ3) is 4.84. The lowest BCUT2D eigenvalue weighted by atomic mass is 10.1. The number of hydrogen-bond acceptors (Lipinski definition) is 5. The number of nitrogens with zero attached hydrogens (tertiary/aromatic N) is 2. The summed E-state index contributed by atoms with van der Waals surface area (Å²) in [6.07, 6.45) is 0. The van der Waals surface area contributed by atoms with Gasteiger partial charge in [-0.3, -0.25) is 0 Å². The molecular weight excluding hydrogens is 264 g/mol. The summed E-state index contributed by atoms with van der Waals surface area (Å²) in [5.41, 5.74) is 1.06. The lowest BCUT2D eigenvalue weighted by molar-refractivity contribution is 0.171. The van der Waals surface area contributed by atoms with E-state index in [-0.39, 0.29) is 6.04 Å². The van der Waals surface area contributed by atoms with Crippen molar-refractivity contribution < 1.29 is 4.74 Å². The monoisotopic (exact) mass is 294 g/mol. The van der Waals surface area contributed by atoms with E-state index in [9.17, 15) is 0 Å². The molecule has 1 aromatic heterocycles. The third-order valence-electron chi connectivity index (χ3n) is 3.50. The first-order valence-corrected chi connectivity index (χ1v) is 7.78. The fourth-order valence-electron chi connectivity index (χ4n) is 2.03. The van der Waals surface area contributed by atoms with Gasteiger partial charge in [0.1, 0.15) is 17.5 Å². The molecule has 1 heterocycles. The van der Waals surface area contributed by atoms with Crippen LogP contribution < -0.4 is 10.6 Å². The second kappa shape index (κ2) is 8.17. The van der Waals surface area contributed by atoms with Gasteiger partial charge in [-0.1, -0.05) is 27.7 Å². The number of nitrogens with one attached hydrogen (secondary N) is 2. The summed E-state index contributed by atoms with van der Waals surface area (Å²) in [7, 11) is 1.73. The zero-order valence-corrected chi connectivity index (χ0v) is 14.4. The Morgan fingerprint density at radius 1 is 1.10 bits per heavy atom. The van der Waals surface area contributed by atoms with Crippen molar-refractivity contribution in [1.82, 2.24) is 9.97 Å². The molecule has 0 saturated carbocycles. The zero-order chi connectivity index (χ0) is 16.0. The molecule has 1 unspecified atom stereocenters. The molecule has 0 fully saturated rings. The average Bonchev–Trinajstić information content (AvgIpc) is 2.42. The van der Waals surface area contributed by atoms with Crippen LogP contribution in [0, 0.1) is 12.8 Å². The van der Waals surface area contributed by atoms with Crippen LogP contribution in [0.2, 0.25) is 0 Å². The maximum Gasteiger partial charge on any atom is 0.135 e. The molecule has 0 aromatic carbocycles. The second-order valence-corrected chi connectivity index (χ2v) is 6.04. The Bertz CT molecular complexity index is 446. The Labute approximate surface area is 128 Å². The van der Waals surface area contributed by atoms with Crippen molar-refractivity contribution in [3.63, 3.8) is 0 Å². The molecule has 120 valence electrons. The molecule has 0 aliphatic heterocycles. The van der Waals surface area contributed by atoms with E-state index < -0.39 is 0 Å². The molecule has 0 bridgehead atoms. The standard InChI is InChI=1S/C16H30N4O/c1-8-17-15-12(6)16(20-14(19-15)11(4)5)18-13(9-21-7)10(2)3/h10-11,13H,8-9H2,1-7H3,(H2,17,18,19,20). The molecule has 0 radical (unpaired) electrons. The van der Waals surface area contributed by atoms with Gasteiger partial charge in [0.2, 0.25) is 0 Å². The number of anilines is 2. The van der Waals surface area contributed by atoms with Crippen molar-refractivity contribution in [1.29, 1.82) is 0 Å². The maximum atomic E-state index is 5.31. The molecule has 1 atom stereocenters. The first-order chi connectivity index (χ1) is 9.90. The number of ether oxygens (including phenoxy) is 1. The van der Waals surface area contributed by atoms with E-state index in [0.29, 0.717) is 18.4 Å². The predicted molar refractivity (Wildman–Crippen MR) is 89.1 cm³/mol. The van der Waals surface area contributed by atoms with E-state index in [1.807, 2.05) is 0 Å². The van der Waals surface area contributed by atoms with Crippen LogP contribution >= 0.6 is 0 Å². The number of aromatic nitrogens is 2. The molecule has 0 saturated heterocycles. The van der Waals surface area contributed by atoms with Crippen molar-refractivity contribution >= 4 is 11.6 Å². The van der Waals surface area contributed by atoms with E-state index >= 15 is 0 Å². The Hall–Kier alpha value is -1.36. The highest BCUT2D eigenvalue weighted by Gasteiger charge is 2.18. The number of methoxy groups -OCH3 is 1. The molecule has 5 heteroatoms. The minimum Gasteiger partial charge on any atom is -0.383 e. The van der Waals surface area contributed by atoms with Gasteiger partial charge in [0.05, 0.1) is 12.6 Å². The van der Waals surface area contributed by atoms with Crippen molar-refractivity contribution in [3.05, 3.63) is 11.4 Å². The fourth-order valence-corrected chi connectivity index (χ4v) is 2.03. The SMILES string of the molecule is CCNc1nc(C(C)C)nc(NC(COC)C(C)C)c1C. The van der Waals surface area contributed by atoms with Crippen molar-refractivity contribution in [2.75, 3.05) is 30.9 Å². The minimum absolute atomic E-state index is 0.234. The average molecular weight is 294 g/mol. The second-order valence-electron chi connectivity index (χ2n) is 6.04. The highest BCUT2D eigenvalue weighted by molar-refractivity contribution is 5.57. The lowest BCUT2D eigenvalue weighted by Crippen LogP contribution is -2.31. The van der Waals surface area contributed by atoms with E-state index in [1.165, 1.54) is 0 Å². The summed E-state index contributed by atoms with van der Waals surface area (Å²) >= 11 is 0. The molecule has 2 N–H and O–H groups in total. The van der Waals surface area contributed by atoms with E-state index in [0.717, 1.165) is 29.6 Å². The van der Waals surface area contributed by atoms with Gasteiger partial charge in [-0.2, -0.15) is 0 Å². The van der Waals surface area contributed by atoms with Crippen LogP contribution in [0.25, 0.3) is 0 Å². The smallest absolute Gasteiger partial charge is 0.135 e. The normalized spacial score (nSPS) is 12.8. The van der Waals surface area contributed by atoms with Gasteiger partial charge < -0.3 is 15.4 Å². The number of hydrogen-bond donors (Lipinski definition) is 2. The van der Waals surface area contributed by atoms with Crippen molar-refractivity contribution in [2.24, 2.45) is 5.92 Å². The molecule has 1 rings (SSSR count). The van der Waals surface area contributed by atoms with Crippen LogP contribution in [0.3, 0.4) is 0 Å². The molecule has 0 aliphatic carbocycles. The number of rotatable bonds is 8. The van der Waals surface area contributed by atoms with Gasteiger partial charge in [0.25, 0.3) is 0 Å². The Morgan fingerprint density at radius 2 is 1.71 bits per heavy atom. The van der Waals surface area contributed by atoms with Crippen LogP contribution in [-0.2, 0) is 4.74 Å². The van der Waals surface area contributed by atoms with Crippen LogP contribution in [0.5, 0.6) is 0 Å². The molecule has 0 amide bonds. The van der Waals surface area contributed by atoms with Gasteiger partial charge >= 0.3 is 0 Å². The van der Waals surface area contributed by atoms with E-state index in [1.54, 1.807) is 7.11 Å². The van der Waals surface area contributed by atoms with Crippen molar-refractivity contribution in [3.8, 4) is 0 Å². The summed E-state index contributed by atoms with van der Waals surface area (Å²) in [5, 5.41) is 6.85. The van der Waals surface area contributed by atoms with Gasteiger partial charge in [0.15, 0.2) is 0 Å². The molecule has 1 aromatic rings. The molecule has 5 nitrogen and oxygen atoms in total. The largest absolute Gasteiger partial charge is 0.383 e. The minimum atomic E-state index is 0.234. The summed E-state index contributed by atoms with van der Waals surface area (Å²) in [6, 6.07) is 0.234. The molecule has 21 heavy (non-hydrogen) atoms. The Morgan fingerprint density at radius 3 is 2.19 bits per heavy atom. The molecule has 0 aliphatic rings. The Kier molecular flexibility index (Phi) is 6.89. The summed E-state index contributed by atoms with van der Waals surface area (Å²) in [5.74, 6) is 3.44. The highest BCUT2D eigenvalue weighted by atomic mass is 16.5. The van der Waals surface area contributed by atoms with Gasteiger partial charge in [-0.25, -0.2) is 9.97 Å². The fraction of sp³-hybridized carbons (Fsp3) is 0.750. The lowest BCUT2D eigenvalue weighted by Gasteiger charge is -2.24. The Balaban J connectivity index is 3.13. The first kappa shape index (κ1) is 17.7. The van der Waals surface area contributed by atoms with Crippen LogP contribution in [0.15, 0.2) is 0 Å². The maximum absolute atomic E-state index is 5.31. The van der Waals surface area contributed by atoms with Crippen molar-refractivity contribution in [2.45, 2.75) is 53.5 Å². The predicted octanol–water partition coefficient (Wildman–Crippen LogP) is 3.42. The third-order valence-corrected chi connectivity index (χ3v) is 3.50. The quantitative estimate of drug-likeness (QED) is 0.769. The summed E-state index contributed by atoms with van der Waals surface area (Å²) < 4.78 is 5.31.